The Morgan fingerprint density at radius 2 is 1.90 bits per heavy atom. The molecule has 0 saturated heterocycles. The molecule has 1 N–H and O–H groups in total. The van der Waals surface area contributed by atoms with Crippen molar-refractivity contribution in [2.75, 3.05) is 5.75 Å². The molecule has 5 nitrogen and oxygen atoms in total. The smallest absolute Gasteiger partial charge is 0.267 e. The van der Waals surface area contributed by atoms with E-state index in [1.54, 1.807) is 15.9 Å². The predicted octanol–water partition coefficient (Wildman–Crippen LogP) is 4.64. The van der Waals surface area contributed by atoms with E-state index in [2.05, 4.69) is 5.32 Å². The van der Waals surface area contributed by atoms with Crippen molar-refractivity contribution >= 4 is 39.2 Å². The first-order valence-corrected chi connectivity index (χ1v) is 12.1. The molecule has 0 fully saturated rings. The highest BCUT2D eigenvalue weighted by molar-refractivity contribution is 7.99. The Hall–Kier alpha value is -2.12. The minimum absolute atomic E-state index is 0.0259. The number of thiophene rings is 1. The van der Waals surface area contributed by atoms with Crippen molar-refractivity contribution in [3.8, 4) is 5.69 Å². The van der Waals surface area contributed by atoms with E-state index in [1.165, 1.54) is 28.6 Å². The topological polar surface area (TPSA) is 64.0 Å². The maximum atomic E-state index is 13.7. The molecule has 0 bridgehead atoms. The number of carbonyl (C=O) groups excluding carboxylic acids is 1. The van der Waals surface area contributed by atoms with Crippen LogP contribution in [0.25, 0.3) is 15.9 Å². The van der Waals surface area contributed by atoms with Crippen molar-refractivity contribution in [3.63, 3.8) is 0 Å². The zero-order valence-electron chi connectivity index (χ0n) is 17.9. The number of benzene rings is 1. The van der Waals surface area contributed by atoms with Crippen LogP contribution in [0.4, 0.5) is 0 Å². The Kier molecular flexibility index (Phi) is 5.77. The minimum Gasteiger partial charge on any atom is -0.351 e. The highest BCUT2D eigenvalue weighted by Crippen LogP contribution is 2.35. The third-order valence-electron chi connectivity index (χ3n) is 5.10. The summed E-state index contributed by atoms with van der Waals surface area (Å²) in [6.45, 7) is 7.89. The number of nitrogens with one attached hydrogen (secondary N) is 1. The van der Waals surface area contributed by atoms with Crippen LogP contribution < -0.4 is 10.9 Å². The van der Waals surface area contributed by atoms with Gasteiger partial charge in [0.1, 0.15) is 4.83 Å². The number of amides is 1. The molecule has 0 aliphatic heterocycles. The van der Waals surface area contributed by atoms with Gasteiger partial charge < -0.3 is 5.32 Å². The molecule has 1 amide bonds. The van der Waals surface area contributed by atoms with Gasteiger partial charge in [0.15, 0.2) is 5.16 Å². The summed E-state index contributed by atoms with van der Waals surface area (Å²) in [7, 11) is 0. The number of thioether (sulfide) groups is 1. The fourth-order valence-electron chi connectivity index (χ4n) is 3.79. The summed E-state index contributed by atoms with van der Waals surface area (Å²) in [6, 6.07) is 7.89. The van der Waals surface area contributed by atoms with Gasteiger partial charge >= 0.3 is 0 Å². The number of aryl methyl sites for hydroxylation is 3. The van der Waals surface area contributed by atoms with Gasteiger partial charge in [-0.1, -0.05) is 29.5 Å². The van der Waals surface area contributed by atoms with Crippen LogP contribution in [0.1, 0.15) is 49.6 Å². The van der Waals surface area contributed by atoms with Crippen molar-refractivity contribution in [3.05, 3.63) is 50.6 Å². The molecular formula is C23H27N3O2S2. The van der Waals surface area contributed by atoms with E-state index in [1.807, 2.05) is 52.0 Å². The van der Waals surface area contributed by atoms with Gasteiger partial charge in [-0.25, -0.2) is 4.98 Å². The molecule has 7 heteroatoms. The lowest BCUT2D eigenvalue weighted by atomic mass is 9.97. The van der Waals surface area contributed by atoms with E-state index < -0.39 is 0 Å². The lowest BCUT2D eigenvalue weighted by Gasteiger charge is -2.20. The number of nitrogens with zero attached hydrogens (tertiary/aromatic N) is 2. The van der Waals surface area contributed by atoms with Gasteiger partial charge in [0, 0.05) is 10.4 Å². The van der Waals surface area contributed by atoms with Gasteiger partial charge in [-0.3, -0.25) is 14.2 Å². The van der Waals surface area contributed by atoms with E-state index in [-0.39, 0.29) is 22.8 Å². The van der Waals surface area contributed by atoms with Gasteiger partial charge in [-0.05, 0) is 71.1 Å². The molecular weight excluding hydrogens is 414 g/mol. The first-order valence-electron chi connectivity index (χ1n) is 10.3. The van der Waals surface area contributed by atoms with Crippen LogP contribution in [0.2, 0.25) is 0 Å². The van der Waals surface area contributed by atoms with E-state index in [0.29, 0.717) is 5.16 Å². The number of aromatic nitrogens is 2. The maximum Gasteiger partial charge on any atom is 0.267 e. The van der Waals surface area contributed by atoms with Crippen LogP contribution in [-0.4, -0.2) is 26.8 Å². The third kappa shape index (κ3) is 4.32. The van der Waals surface area contributed by atoms with Crippen molar-refractivity contribution < 1.29 is 4.79 Å². The number of fused-ring (bicyclic) bond motifs is 3. The normalized spacial score (nSPS) is 14.0. The second-order valence-corrected chi connectivity index (χ2v) is 10.9. The standard InChI is InChI=1S/C23H27N3O2S2/c1-14-9-11-15(12-10-14)26-21(28)19-16-7-5-6-8-17(16)30-20(19)24-22(26)29-13-18(27)25-23(2,3)4/h9-12H,5-8,13H2,1-4H3,(H,25,27). The second kappa shape index (κ2) is 8.19. The van der Waals surface area contributed by atoms with Crippen LogP contribution in [0.5, 0.6) is 0 Å². The van der Waals surface area contributed by atoms with Gasteiger partial charge in [0.25, 0.3) is 5.56 Å². The van der Waals surface area contributed by atoms with E-state index in [0.717, 1.165) is 40.7 Å². The van der Waals surface area contributed by atoms with Crippen molar-refractivity contribution in [2.45, 2.75) is 64.1 Å². The van der Waals surface area contributed by atoms with Crippen LogP contribution >= 0.6 is 23.1 Å². The van der Waals surface area contributed by atoms with Gasteiger partial charge in [0.05, 0.1) is 16.8 Å². The summed E-state index contributed by atoms with van der Waals surface area (Å²) in [4.78, 5) is 33.0. The highest BCUT2D eigenvalue weighted by Gasteiger charge is 2.23. The monoisotopic (exact) mass is 441 g/mol. The molecule has 0 radical (unpaired) electrons. The average molecular weight is 442 g/mol. The zero-order chi connectivity index (χ0) is 21.5. The van der Waals surface area contributed by atoms with Crippen LogP contribution in [0.15, 0.2) is 34.2 Å². The Labute approximate surface area is 184 Å². The number of carbonyl (C=O) groups is 1. The predicted molar refractivity (Wildman–Crippen MR) is 125 cm³/mol. The first-order chi connectivity index (χ1) is 14.2. The third-order valence-corrected chi connectivity index (χ3v) is 7.22. The largest absolute Gasteiger partial charge is 0.351 e. The molecule has 0 atom stereocenters. The van der Waals surface area contributed by atoms with Crippen molar-refractivity contribution in [1.29, 1.82) is 0 Å². The summed E-state index contributed by atoms with van der Waals surface area (Å²) >= 11 is 2.96. The molecule has 0 saturated carbocycles. The molecule has 1 aliphatic carbocycles. The SMILES string of the molecule is Cc1ccc(-n2c(SCC(=O)NC(C)(C)C)nc3sc4c(c3c2=O)CCCC4)cc1. The molecule has 30 heavy (non-hydrogen) atoms. The Balaban J connectivity index is 1.81. The van der Waals surface area contributed by atoms with E-state index >= 15 is 0 Å². The van der Waals surface area contributed by atoms with Gasteiger partial charge in [0.2, 0.25) is 5.91 Å². The van der Waals surface area contributed by atoms with E-state index in [4.69, 9.17) is 4.98 Å². The fourth-order valence-corrected chi connectivity index (χ4v) is 5.90. The Bertz CT molecular complexity index is 1150. The molecule has 2 aromatic heterocycles. The number of rotatable bonds is 4. The van der Waals surface area contributed by atoms with Crippen LogP contribution in [0.3, 0.4) is 0 Å². The molecule has 0 unspecified atom stereocenters. The molecule has 0 spiro atoms. The molecule has 1 aromatic carbocycles. The summed E-state index contributed by atoms with van der Waals surface area (Å²) in [6.07, 6.45) is 4.25. The number of hydrogen-bond acceptors (Lipinski definition) is 5. The molecule has 3 aromatic rings. The van der Waals surface area contributed by atoms with Gasteiger partial charge in [-0.15, -0.1) is 11.3 Å². The lowest BCUT2D eigenvalue weighted by molar-refractivity contribution is -0.119. The van der Waals surface area contributed by atoms with Crippen LogP contribution in [0, 0.1) is 6.92 Å². The average Bonchev–Trinajstić information content (AvgIpc) is 3.05. The van der Waals surface area contributed by atoms with Crippen molar-refractivity contribution in [1.82, 2.24) is 14.9 Å². The second-order valence-electron chi connectivity index (χ2n) is 8.85. The lowest BCUT2D eigenvalue weighted by Crippen LogP contribution is -2.41. The Morgan fingerprint density at radius 1 is 1.20 bits per heavy atom. The minimum atomic E-state index is -0.293. The fraction of sp³-hybridized carbons (Fsp3) is 0.435. The highest BCUT2D eigenvalue weighted by atomic mass is 32.2. The van der Waals surface area contributed by atoms with Crippen molar-refractivity contribution in [2.24, 2.45) is 0 Å². The first kappa shape index (κ1) is 21.1. The van der Waals surface area contributed by atoms with E-state index in [9.17, 15) is 9.59 Å². The summed E-state index contributed by atoms with van der Waals surface area (Å²) in [5.41, 5.74) is 2.78. The van der Waals surface area contributed by atoms with Gasteiger partial charge in [-0.2, -0.15) is 0 Å². The number of hydrogen-bond donors (Lipinski definition) is 1. The summed E-state index contributed by atoms with van der Waals surface area (Å²) in [5, 5.41) is 4.31. The quantitative estimate of drug-likeness (QED) is 0.473. The summed E-state index contributed by atoms with van der Waals surface area (Å²) in [5.74, 6) is 0.148. The summed E-state index contributed by atoms with van der Waals surface area (Å²) < 4.78 is 1.68. The molecule has 2 heterocycles. The zero-order valence-corrected chi connectivity index (χ0v) is 19.5. The molecule has 4 rings (SSSR count). The Morgan fingerprint density at radius 3 is 2.60 bits per heavy atom. The van der Waals surface area contributed by atoms with Crippen LogP contribution in [-0.2, 0) is 17.6 Å². The molecule has 158 valence electrons. The maximum absolute atomic E-state index is 13.7. The molecule has 1 aliphatic rings.